The van der Waals surface area contributed by atoms with Gasteiger partial charge in [0.05, 0.1) is 21.8 Å². The van der Waals surface area contributed by atoms with Gasteiger partial charge in [-0.3, -0.25) is 4.79 Å². The Morgan fingerprint density at radius 3 is 2.64 bits per heavy atom. The molecule has 0 atom stereocenters. The van der Waals surface area contributed by atoms with Gasteiger partial charge < -0.3 is 14.8 Å². The van der Waals surface area contributed by atoms with Gasteiger partial charge in [-0.25, -0.2) is 9.37 Å². The van der Waals surface area contributed by atoms with E-state index in [9.17, 15) is 22.4 Å². The Hall–Kier alpha value is -2.81. The molecule has 5 nitrogen and oxygen atoms in total. The van der Waals surface area contributed by atoms with Gasteiger partial charge in [0, 0.05) is 31.9 Å². The van der Waals surface area contributed by atoms with Crippen LogP contribution in [0.25, 0.3) is 10.9 Å². The molecule has 0 radical (unpaired) electrons. The van der Waals surface area contributed by atoms with Crippen molar-refractivity contribution in [3.05, 3.63) is 53.1 Å². The predicted octanol–water partition coefficient (Wildman–Crippen LogP) is 4.68. The zero-order chi connectivity index (χ0) is 20.6. The van der Waals surface area contributed by atoms with Gasteiger partial charge in [-0.15, -0.1) is 0 Å². The number of hydrogen-bond donors (Lipinski definition) is 1. The SMILES string of the molecule is CN(C)C(=O)Cn1ccc2c(Nc3c(Cl)cc(F)cc3C(F)(F)F)nccc21. The topological polar surface area (TPSA) is 50.2 Å². The van der Waals surface area contributed by atoms with E-state index in [1.807, 2.05) is 0 Å². The minimum atomic E-state index is -4.81. The maximum atomic E-state index is 13.5. The van der Waals surface area contributed by atoms with Crippen molar-refractivity contribution in [3.63, 3.8) is 0 Å². The van der Waals surface area contributed by atoms with Crippen molar-refractivity contribution < 1.29 is 22.4 Å². The molecule has 1 amide bonds. The maximum absolute atomic E-state index is 13.5. The van der Waals surface area contributed by atoms with Gasteiger partial charge in [-0.2, -0.15) is 13.2 Å². The molecule has 0 spiro atoms. The lowest BCUT2D eigenvalue weighted by molar-refractivity contribution is -0.137. The van der Waals surface area contributed by atoms with Crippen molar-refractivity contribution in [2.45, 2.75) is 12.7 Å². The molecule has 0 saturated carbocycles. The number of amides is 1. The third-order valence-electron chi connectivity index (χ3n) is 4.11. The highest BCUT2D eigenvalue weighted by Gasteiger charge is 2.35. The van der Waals surface area contributed by atoms with Crippen LogP contribution in [0, 0.1) is 5.82 Å². The molecule has 0 bridgehead atoms. The van der Waals surface area contributed by atoms with Crippen LogP contribution in [-0.2, 0) is 17.5 Å². The lowest BCUT2D eigenvalue weighted by Gasteiger charge is -2.16. The summed E-state index contributed by atoms with van der Waals surface area (Å²) in [6.07, 6.45) is -1.78. The second-order valence-electron chi connectivity index (χ2n) is 6.26. The van der Waals surface area contributed by atoms with Gasteiger partial charge in [0.2, 0.25) is 5.91 Å². The van der Waals surface area contributed by atoms with Crippen LogP contribution in [0.2, 0.25) is 5.02 Å². The molecule has 10 heteroatoms. The van der Waals surface area contributed by atoms with Gasteiger partial charge >= 0.3 is 6.18 Å². The van der Waals surface area contributed by atoms with Crippen LogP contribution in [0.4, 0.5) is 29.1 Å². The molecule has 2 heterocycles. The van der Waals surface area contributed by atoms with Crippen molar-refractivity contribution in [1.82, 2.24) is 14.5 Å². The maximum Gasteiger partial charge on any atom is 0.418 e. The van der Waals surface area contributed by atoms with Crippen LogP contribution in [0.1, 0.15) is 5.56 Å². The zero-order valence-corrected chi connectivity index (χ0v) is 15.6. The number of pyridine rings is 1. The molecule has 3 aromatic rings. The highest BCUT2D eigenvalue weighted by Crippen LogP contribution is 2.41. The second kappa shape index (κ2) is 7.31. The van der Waals surface area contributed by atoms with Crippen molar-refractivity contribution in [3.8, 4) is 0 Å². The van der Waals surface area contributed by atoms with Crippen LogP contribution in [-0.4, -0.2) is 34.5 Å². The molecule has 28 heavy (non-hydrogen) atoms. The molecule has 0 saturated heterocycles. The molecular formula is C18H15ClF4N4O. The Morgan fingerprint density at radius 2 is 2.00 bits per heavy atom. The second-order valence-corrected chi connectivity index (χ2v) is 6.66. The van der Waals surface area contributed by atoms with E-state index in [4.69, 9.17) is 11.6 Å². The monoisotopic (exact) mass is 414 g/mol. The molecule has 148 valence electrons. The molecule has 3 rings (SSSR count). The van der Waals surface area contributed by atoms with Crippen LogP contribution >= 0.6 is 11.6 Å². The summed E-state index contributed by atoms with van der Waals surface area (Å²) in [6.45, 7) is 0.0606. The first-order valence-corrected chi connectivity index (χ1v) is 8.43. The normalized spacial score (nSPS) is 11.7. The lowest BCUT2D eigenvalue weighted by atomic mass is 10.1. The number of halogens is 5. The summed E-state index contributed by atoms with van der Waals surface area (Å²) in [6, 6.07) is 4.42. The summed E-state index contributed by atoms with van der Waals surface area (Å²) < 4.78 is 55.1. The van der Waals surface area contributed by atoms with Crippen molar-refractivity contribution in [2.24, 2.45) is 0 Å². The molecule has 1 N–H and O–H groups in total. The molecule has 0 aliphatic carbocycles. The minimum Gasteiger partial charge on any atom is -0.347 e. The van der Waals surface area contributed by atoms with E-state index >= 15 is 0 Å². The summed E-state index contributed by atoms with van der Waals surface area (Å²) >= 11 is 5.87. The van der Waals surface area contributed by atoms with E-state index in [1.54, 1.807) is 37.0 Å². The first-order chi connectivity index (χ1) is 13.1. The molecule has 0 unspecified atom stereocenters. The van der Waals surface area contributed by atoms with E-state index in [1.165, 1.54) is 11.1 Å². The summed E-state index contributed by atoms with van der Waals surface area (Å²) in [4.78, 5) is 17.5. The number of alkyl halides is 3. The Bertz CT molecular complexity index is 1050. The van der Waals surface area contributed by atoms with Crippen molar-refractivity contribution >= 4 is 39.9 Å². The smallest absolute Gasteiger partial charge is 0.347 e. The van der Waals surface area contributed by atoms with Crippen molar-refractivity contribution in [2.75, 3.05) is 19.4 Å². The van der Waals surface area contributed by atoms with E-state index in [0.29, 0.717) is 17.0 Å². The third kappa shape index (κ3) is 3.89. The number of hydrogen-bond acceptors (Lipinski definition) is 3. The number of nitrogens with zero attached hydrogens (tertiary/aromatic N) is 3. The van der Waals surface area contributed by atoms with Gasteiger partial charge in [-0.05, 0) is 24.3 Å². The Kier molecular flexibility index (Phi) is 5.20. The number of likely N-dealkylation sites (N-methyl/N-ethyl adjacent to an activating group) is 1. The largest absolute Gasteiger partial charge is 0.418 e. The number of nitrogens with one attached hydrogen (secondary N) is 1. The third-order valence-corrected chi connectivity index (χ3v) is 4.40. The number of carbonyl (C=O) groups excluding carboxylic acids is 1. The van der Waals surface area contributed by atoms with E-state index in [0.717, 1.165) is 6.07 Å². The van der Waals surface area contributed by atoms with Gasteiger partial charge in [0.25, 0.3) is 0 Å². The van der Waals surface area contributed by atoms with Crippen LogP contribution < -0.4 is 5.32 Å². The average molecular weight is 415 g/mol. The zero-order valence-electron chi connectivity index (χ0n) is 14.8. The fourth-order valence-corrected chi connectivity index (χ4v) is 2.94. The molecule has 2 aromatic heterocycles. The van der Waals surface area contributed by atoms with Gasteiger partial charge in [-0.1, -0.05) is 11.6 Å². The molecule has 0 aliphatic rings. The van der Waals surface area contributed by atoms with Gasteiger partial charge in [0.15, 0.2) is 0 Å². The van der Waals surface area contributed by atoms with E-state index in [-0.39, 0.29) is 18.3 Å². The standard InChI is InChI=1S/C18H15ClF4N4O/c1-26(2)15(28)9-27-6-4-11-14(27)3-5-24-17(11)25-16-12(18(21,22)23)7-10(20)8-13(16)19/h3-8H,9H2,1-2H3,(H,24,25). The van der Waals surface area contributed by atoms with Crippen molar-refractivity contribution in [1.29, 1.82) is 0 Å². The van der Waals surface area contributed by atoms with Gasteiger partial charge in [0.1, 0.15) is 18.2 Å². The number of anilines is 2. The number of fused-ring (bicyclic) bond motifs is 1. The van der Waals surface area contributed by atoms with Crippen LogP contribution in [0.3, 0.4) is 0 Å². The molecule has 1 aromatic carbocycles. The summed E-state index contributed by atoms with van der Waals surface area (Å²) in [7, 11) is 3.25. The first kappa shape index (κ1) is 19.9. The Labute approximate surface area is 162 Å². The lowest BCUT2D eigenvalue weighted by Crippen LogP contribution is -2.25. The summed E-state index contributed by atoms with van der Waals surface area (Å²) in [5.41, 5.74) is -1.13. The number of benzene rings is 1. The highest BCUT2D eigenvalue weighted by atomic mass is 35.5. The van der Waals surface area contributed by atoms with Crippen LogP contribution in [0.15, 0.2) is 36.7 Å². The summed E-state index contributed by atoms with van der Waals surface area (Å²) in [5.74, 6) is -1.14. The first-order valence-electron chi connectivity index (χ1n) is 8.05. The highest BCUT2D eigenvalue weighted by molar-refractivity contribution is 6.33. The molecule has 0 fully saturated rings. The molecule has 0 aliphatic heterocycles. The van der Waals surface area contributed by atoms with E-state index < -0.39 is 28.3 Å². The Morgan fingerprint density at radius 1 is 1.29 bits per heavy atom. The minimum absolute atomic E-state index is 0.0606. The van der Waals surface area contributed by atoms with E-state index in [2.05, 4.69) is 10.3 Å². The Balaban J connectivity index is 2.05. The predicted molar refractivity (Wildman–Crippen MR) is 98.1 cm³/mol. The number of rotatable bonds is 4. The number of aromatic nitrogens is 2. The molecular weight excluding hydrogens is 400 g/mol. The quantitative estimate of drug-likeness (QED) is 0.631. The number of carbonyl (C=O) groups is 1. The van der Waals surface area contributed by atoms with Crippen LogP contribution in [0.5, 0.6) is 0 Å². The average Bonchev–Trinajstić information content (AvgIpc) is 3.00. The fraction of sp³-hybridized carbons (Fsp3) is 0.222. The summed E-state index contributed by atoms with van der Waals surface area (Å²) in [5, 5.41) is 2.63. The fourth-order valence-electron chi connectivity index (χ4n) is 2.69.